The molecular formula is C18H27N3O2. The lowest BCUT2D eigenvalue weighted by molar-refractivity contribution is -0.135. The van der Waals surface area contributed by atoms with E-state index in [9.17, 15) is 4.79 Å². The third kappa shape index (κ3) is 3.85. The lowest BCUT2D eigenvalue weighted by Crippen LogP contribution is -2.49. The van der Waals surface area contributed by atoms with E-state index < -0.39 is 0 Å². The number of para-hydroxylation sites is 1. The molecule has 5 nitrogen and oxygen atoms in total. The summed E-state index contributed by atoms with van der Waals surface area (Å²) in [6.45, 7) is 4.50. The summed E-state index contributed by atoms with van der Waals surface area (Å²) in [6.07, 6.45) is 2.89. The van der Waals surface area contributed by atoms with E-state index in [1.807, 2.05) is 18.2 Å². The Hall–Kier alpha value is -1.59. The van der Waals surface area contributed by atoms with Crippen LogP contribution in [0.15, 0.2) is 24.3 Å². The highest BCUT2D eigenvalue weighted by Gasteiger charge is 2.31. The lowest BCUT2D eigenvalue weighted by Gasteiger charge is -2.38. The molecule has 2 fully saturated rings. The number of hydrogen-bond donors (Lipinski definition) is 2. The third-order valence-electron chi connectivity index (χ3n) is 4.98. The number of ether oxygens (including phenoxy) is 1. The van der Waals surface area contributed by atoms with Gasteiger partial charge in [-0.2, -0.15) is 0 Å². The van der Waals surface area contributed by atoms with E-state index in [1.165, 1.54) is 0 Å². The number of amides is 1. The van der Waals surface area contributed by atoms with Gasteiger partial charge < -0.3 is 20.3 Å². The maximum atomic E-state index is 12.9. The molecule has 3 rings (SSSR count). The molecule has 2 aliphatic rings. The predicted molar refractivity (Wildman–Crippen MR) is 90.5 cm³/mol. The number of carbonyl (C=O) groups excluding carboxylic acids is 1. The first-order valence-electron chi connectivity index (χ1n) is 8.63. The molecule has 2 N–H and O–H groups in total. The van der Waals surface area contributed by atoms with E-state index >= 15 is 0 Å². The van der Waals surface area contributed by atoms with Gasteiger partial charge in [0.2, 0.25) is 5.91 Å². The van der Waals surface area contributed by atoms with Gasteiger partial charge in [0.25, 0.3) is 0 Å². The zero-order valence-corrected chi connectivity index (χ0v) is 13.9. The van der Waals surface area contributed by atoms with Crippen LogP contribution in [0.1, 0.15) is 30.9 Å². The Labute approximate surface area is 138 Å². The van der Waals surface area contributed by atoms with Crippen molar-refractivity contribution in [2.24, 2.45) is 5.92 Å². The zero-order chi connectivity index (χ0) is 16.1. The molecule has 0 spiro atoms. The summed E-state index contributed by atoms with van der Waals surface area (Å²) in [6, 6.07) is 8.09. The first-order valence-corrected chi connectivity index (χ1v) is 8.63. The van der Waals surface area contributed by atoms with Crippen LogP contribution >= 0.6 is 0 Å². The Morgan fingerprint density at radius 1 is 1.22 bits per heavy atom. The highest BCUT2D eigenvalue weighted by Crippen LogP contribution is 2.31. The molecule has 5 heteroatoms. The predicted octanol–water partition coefficient (Wildman–Crippen LogP) is 1.56. The number of rotatable bonds is 4. The zero-order valence-electron chi connectivity index (χ0n) is 13.9. The largest absolute Gasteiger partial charge is 0.496 e. The normalized spacial score (nSPS) is 22.8. The number of piperidine rings is 1. The first kappa shape index (κ1) is 16.3. The molecule has 1 atom stereocenters. The smallest absolute Gasteiger partial charge is 0.223 e. The van der Waals surface area contributed by atoms with Crippen LogP contribution < -0.4 is 15.4 Å². The molecule has 1 aromatic rings. The van der Waals surface area contributed by atoms with Gasteiger partial charge in [-0.05, 0) is 37.9 Å². The van der Waals surface area contributed by atoms with E-state index in [0.29, 0.717) is 12.3 Å². The van der Waals surface area contributed by atoms with Gasteiger partial charge in [-0.25, -0.2) is 0 Å². The maximum Gasteiger partial charge on any atom is 0.223 e. The van der Waals surface area contributed by atoms with Crippen molar-refractivity contribution in [2.75, 3.05) is 39.8 Å². The van der Waals surface area contributed by atoms with Crippen molar-refractivity contribution >= 4 is 5.91 Å². The summed E-state index contributed by atoms with van der Waals surface area (Å²) in [4.78, 5) is 14.9. The van der Waals surface area contributed by atoms with Crippen molar-refractivity contribution in [3.05, 3.63) is 29.8 Å². The quantitative estimate of drug-likeness (QED) is 0.885. The highest BCUT2D eigenvalue weighted by atomic mass is 16.5. The topological polar surface area (TPSA) is 53.6 Å². The van der Waals surface area contributed by atoms with Gasteiger partial charge >= 0.3 is 0 Å². The second-order valence-corrected chi connectivity index (χ2v) is 6.45. The molecule has 23 heavy (non-hydrogen) atoms. The van der Waals surface area contributed by atoms with Gasteiger partial charge in [0, 0.05) is 31.6 Å². The Morgan fingerprint density at radius 2 is 2.00 bits per heavy atom. The van der Waals surface area contributed by atoms with Crippen molar-refractivity contribution < 1.29 is 9.53 Å². The Kier molecular flexibility index (Phi) is 5.51. The van der Waals surface area contributed by atoms with Gasteiger partial charge in [0.1, 0.15) is 5.75 Å². The second-order valence-electron chi connectivity index (χ2n) is 6.45. The molecule has 0 saturated carbocycles. The second kappa shape index (κ2) is 7.79. The Balaban J connectivity index is 1.74. The van der Waals surface area contributed by atoms with Crippen LogP contribution in [0.4, 0.5) is 0 Å². The van der Waals surface area contributed by atoms with Crippen LogP contribution in [0.3, 0.4) is 0 Å². The van der Waals surface area contributed by atoms with E-state index in [1.54, 1.807) is 7.11 Å². The summed E-state index contributed by atoms with van der Waals surface area (Å²) >= 11 is 0. The van der Waals surface area contributed by atoms with Gasteiger partial charge in [0.15, 0.2) is 0 Å². The first-order chi connectivity index (χ1) is 11.3. The lowest BCUT2D eigenvalue weighted by atomic mass is 9.93. The molecular weight excluding hydrogens is 290 g/mol. The summed E-state index contributed by atoms with van der Waals surface area (Å²) in [5, 5.41) is 6.78. The van der Waals surface area contributed by atoms with E-state index in [2.05, 4.69) is 21.6 Å². The third-order valence-corrected chi connectivity index (χ3v) is 4.98. The number of piperazine rings is 1. The van der Waals surface area contributed by atoms with Gasteiger partial charge in [-0.15, -0.1) is 0 Å². The molecule has 0 radical (unpaired) electrons. The Bertz CT molecular complexity index is 529. The highest BCUT2D eigenvalue weighted by molar-refractivity contribution is 5.77. The van der Waals surface area contributed by atoms with Crippen LogP contribution in [0.2, 0.25) is 0 Å². The number of methoxy groups -OCH3 is 1. The Morgan fingerprint density at radius 3 is 2.78 bits per heavy atom. The molecule has 2 heterocycles. The van der Waals surface area contributed by atoms with Crippen molar-refractivity contribution in [3.8, 4) is 5.75 Å². The number of nitrogens with one attached hydrogen (secondary N) is 2. The monoisotopic (exact) mass is 317 g/mol. The van der Waals surface area contributed by atoms with Gasteiger partial charge in [0.05, 0.1) is 13.2 Å². The number of benzene rings is 1. The summed E-state index contributed by atoms with van der Waals surface area (Å²) in [5.74, 6) is 1.67. The van der Waals surface area contributed by atoms with Crippen molar-refractivity contribution in [1.82, 2.24) is 15.5 Å². The minimum atomic E-state index is 0.0640. The molecule has 2 saturated heterocycles. The van der Waals surface area contributed by atoms with E-state index in [0.717, 1.165) is 56.9 Å². The SMILES string of the molecule is COc1ccccc1C1CNCCN1C(=O)CC1CCNCC1. The van der Waals surface area contributed by atoms with Gasteiger partial charge in [-0.1, -0.05) is 18.2 Å². The summed E-state index contributed by atoms with van der Waals surface area (Å²) in [5.41, 5.74) is 1.10. The van der Waals surface area contributed by atoms with Crippen LogP contribution in [0.25, 0.3) is 0 Å². The van der Waals surface area contributed by atoms with E-state index in [4.69, 9.17) is 4.74 Å². The number of hydrogen-bond acceptors (Lipinski definition) is 4. The van der Waals surface area contributed by atoms with Crippen molar-refractivity contribution in [1.29, 1.82) is 0 Å². The number of nitrogens with zero attached hydrogens (tertiary/aromatic N) is 1. The molecule has 0 aliphatic carbocycles. The molecule has 126 valence electrons. The molecule has 0 bridgehead atoms. The van der Waals surface area contributed by atoms with Crippen LogP contribution in [-0.2, 0) is 4.79 Å². The van der Waals surface area contributed by atoms with E-state index in [-0.39, 0.29) is 11.9 Å². The molecule has 2 aliphatic heterocycles. The standard InChI is InChI=1S/C18H27N3O2/c1-23-17-5-3-2-4-15(17)16-13-20-10-11-21(16)18(22)12-14-6-8-19-9-7-14/h2-5,14,16,19-20H,6-13H2,1H3. The minimum absolute atomic E-state index is 0.0640. The molecule has 1 unspecified atom stereocenters. The fraction of sp³-hybridized carbons (Fsp3) is 0.611. The number of carbonyl (C=O) groups is 1. The molecule has 1 aromatic carbocycles. The minimum Gasteiger partial charge on any atom is -0.496 e. The summed E-state index contributed by atoms with van der Waals surface area (Å²) < 4.78 is 5.50. The van der Waals surface area contributed by atoms with Crippen LogP contribution in [0, 0.1) is 5.92 Å². The average molecular weight is 317 g/mol. The maximum absolute atomic E-state index is 12.9. The van der Waals surface area contributed by atoms with Gasteiger partial charge in [-0.3, -0.25) is 4.79 Å². The fourth-order valence-electron chi connectivity index (χ4n) is 3.67. The fourth-order valence-corrected chi connectivity index (χ4v) is 3.67. The van der Waals surface area contributed by atoms with Crippen LogP contribution in [-0.4, -0.2) is 50.6 Å². The average Bonchev–Trinajstić information content (AvgIpc) is 2.62. The van der Waals surface area contributed by atoms with Crippen molar-refractivity contribution in [2.45, 2.75) is 25.3 Å². The molecule has 0 aromatic heterocycles. The molecule has 1 amide bonds. The summed E-state index contributed by atoms with van der Waals surface area (Å²) in [7, 11) is 1.69. The van der Waals surface area contributed by atoms with Crippen LogP contribution in [0.5, 0.6) is 5.75 Å². The van der Waals surface area contributed by atoms with Crippen molar-refractivity contribution in [3.63, 3.8) is 0 Å².